The van der Waals surface area contributed by atoms with Crippen LogP contribution in [0.25, 0.3) is 0 Å². The first kappa shape index (κ1) is 12.2. The van der Waals surface area contributed by atoms with E-state index in [9.17, 15) is 0 Å². The van der Waals surface area contributed by atoms with E-state index < -0.39 is 0 Å². The van der Waals surface area contributed by atoms with Crippen LogP contribution >= 0.6 is 11.3 Å². The molecule has 4 heteroatoms. The van der Waals surface area contributed by atoms with Crippen LogP contribution in [0.15, 0.2) is 23.6 Å². The van der Waals surface area contributed by atoms with Crippen molar-refractivity contribution in [1.82, 2.24) is 10.2 Å². The molecule has 0 saturated carbocycles. The molecule has 2 rings (SSSR count). The lowest BCUT2D eigenvalue weighted by molar-refractivity contribution is 0.698. The van der Waals surface area contributed by atoms with Crippen molar-refractivity contribution in [1.29, 1.82) is 0 Å². The Kier molecular flexibility index (Phi) is 3.86. The predicted octanol–water partition coefficient (Wildman–Crippen LogP) is 2.65. The van der Waals surface area contributed by atoms with Crippen LogP contribution < -0.4 is 5.73 Å². The van der Waals surface area contributed by atoms with Gasteiger partial charge in [-0.25, -0.2) is 0 Å². The summed E-state index contributed by atoms with van der Waals surface area (Å²) in [4.78, 5) is 1.31. The van der Waals surface area contributed by atoms with Gasteiger partial charge in [0.2, 0.25) is 0 Å². The minimum atomic E-state index is 0.0119. The third-order valence-electron chi connectivity index (χ3n) is 2.76. The second kappa shape index (κ2) is 5.38. The molecule has 0 spiro atoms. The number of aryl methyl sites for hydroxylation is 2. The van der Waals surface area contributed by atoms with E-state index >= 15 is 0 Å². The fourth-order valence-corrected chi connectivity index (χ4v) is 2.65. The van der Waals surface area contributed by atoms with Gasteiger partial charge in [-0.05, 0) is 36.4 Å². The van der Waals surface area contributed by atoms with E-state index in [-0.39, 0.29) is 6.04 Å². The zero-order valence-electron chi connectivity index (χ0n) is 10.2. The first-order valence-corrected chi connectivity index (χ1v) is 6.69. The molecule has 3 nitrogen and oxygen atoms in total. The van der Waals surface area contributed by atoms with Crippen molar-refractivity contribution in [2.45, 2.75) is 32.7 Å². The minimum Gasteiger partial charge on any atom is -0.324 e. The molecule has 90 valence electrons. The molecule has 1 atom stereocenters. The summed E-state index contributed by atoms with van der Waals surface area (Å²) in [5, 5.41) is 10.4. The molecule has 0 bridgehead atoms. The molecule has 17 heavy (non-hydrogen) atoms. The van der Waals surface area contributed by atoms with E-state index in [1.54, 1.807) is 11.3 Å². The van der Waals surface area contributed by atoms with Gasteiger partial charge in [0.15, 0.2) is 0 Å². The van der Waals surface area contributed by atoms with E-state index in [0.29, 0.717) is 0 Å². The van der Waals surface area contributed by atoms with Crippen LogP contribution in [0, 0.1) is 6.92 Å². The Morgan fingerprint density at radius 1 is 1.41 bits per heavy atom. The number of nitrogens with zero attached hydrogens (tertiary/aromatic N) is 2. The van der Waals surface area contributed by atoms with Gasteiger partial charge in [0.1, 0.15) is 0 Å². The van der Waals surface area contributed by atoms with Crippen LogP contribution in [0.5, 0.6) is 0 Å². The topological polar surface area (TPSA) is 51.8 Å². The number of nitrogens with two attached hydrogens (primary N) is 1. The van der Waals surface area contributed by atoms with Crippen molar-refractivity contribution in [2.75, 3.05) is 0 Å². The van der Waals surface area contributed by atoms with Gasteiger partial charge in [-0.15, -0.1) is 11.3 Å². The van der Waals surface area contributed by atoms with E-state index in [2.05, 4.69) is 40.7 Å². The first-order chi connectivity index (χ1) is 8.20. The van der Waals surface area contributed by atoms with Crippen LogP contribution in [0.3, 0.4) is 0 Å². The zero-order chi connectivity index (χ0) is 12.3. The van der Waals surface area contributed by atoms with Crippen molar-refractivity contribution in [3.05, 3.63) is 45.4 Å². The summed E-state index contributed by atoms with van der Waals surface area (Å²) in [5.41, 5.74) is 9.35. The Hall–Kier alpha value is -1.26. The van der Waals surface area contributed by atoms with E-state index in [0.717, 1.165) is 29.8 Å². The van der Waals surface area contributed by atoms with Crippen LogP contribution in [-0.2, 0) is 12.8 Å². The van der Waals surface area contributed by atoms with Gasteiger partial charge in [-0.3, -0.25) is 0 Å². The standard InChI is InChI=1S/C13H17N3S/c1-3-13-11(7-9(2)15-16-13)12(14)8-10-5-4-6-17-10/h4-7,12H,3,8,14H2,1-2H3. The summed E-state index contributed by atoms with van der Waals surface area (Å²) >= 11 is 1.75. The number of rotatable bonds is 4. The highest BCUT2D eigenvalue weighted by Crippen LogP contribution is 2.21. The van der Waals surface area contributed by atoms with E-state index in [1.807, 2.05) is 6.92 Å². The van der Waals surface area contributed by atoms with E-state index in [1.165, 1.54) is 4.88 Å². The highest BCUT2D eigenvalue weighted by Gasteiger charge is 2.13. The normalized spacial score (nSPS) is 12.6. The van der Waals surface area contributed by atoms with E-state index in [4.69, 9.17) is 5.73 Å². The summed E-state index contributed by atoms with van der Waals surface area (Å²) in [6.07, 6.45) is 1.75. The lowest BCUT2D eigenvalue weighted by atomic mass is 10.0. The molecule has 2 aromatic rings. The van der Waals surface area contributed by atoms with Crippen LogP contribution in [0.2, 0.25) is 0 Å². The number of hydrogen-bond acceptors (Lipinski definition) is 4. The third kappa shape index (κ3) is 2.90. The monoisotopic (exact) mass is 247 g/mol. The molecule has 0 fully saturated rings. The van der Waals surface area contributed by atoms with Gasteiger partial charge < -0.3 is 5.73 Å². The maximum absolute atomic E-state index is 6.27. The van der Waals surface area contributed by atoms with Crippen molar-refractivity contribution in [3.63, 3.8) is 0 Å². The van der Waals surface area contributed by atoms with Crippen molar-refractivity contribution >= 4 is 11.3 Å². The molecule has 0 aromatic carbocycles. The quantitative estimate of drug-likeness (QED) is 0.903. The van der Waals surface area contributed by atoms with Crippen LogP contribution in [-0.4, -0.2) is 10.2 Å². The number of thiophene rings is 1. The molecule has 0 saturated heterocycles. The fourth-order valence-electron chi connectivity index (χ4n) is 1.89. The van der Waals surface area contributed by atoms with Gasteiger partial charge in [0.25, 0.3) is 0 Å². The molecule has 2 heterocycles. The molecule has 0 radical (unpaired) electrons. The average Bonchev–Trinajstić information content (AvgIpc) is 2.81. The molecule has 1 unspecified atom stereocenters. The molecule has 2 N–H and O–H groups in total. The zero-order valence-corrected chi connectivity index (χ0v) is 11.0. The Morgan fingerprint density at radius 3 is 2.88 bits per heavy atom. The van der Waals surface area contributed by atoms with Crippen LogP contribution in [0.4, 0.5) is 0 Å². The summed E-state index contributed by atoms with van der Waals surface area (Å²) in [5.74, 6) is 0. The summed E-state index contributed by atoms with van der Waals surface area (Å²) in [6, 6.07) is 6.25. The average molecular weight is 247 g/mol. The summed E-state index contributed by atoms with van der Waals surface area (Å²) in [7, 11) is 0. The largest absolute Gasteiger partial charge is 0.324 e. The van der Waals surface area contributed by atoms with Gasteiger partial charge >= 0.3 is 0 Å². The molecule has 0 aliphatic carbocycles. The Bertz CT molecular complexity index is 479. The molecule has 0 aliphatic heterocycles. The maximum atomic E-state index is 6.27. The van der Waals surface area contributed by atoms with Crippen molar-refractivity contribution < 1.29 is 0 Å². The SMILES string of the molecule is CCc1nnc(C)cc1C(N)Cc1cccs1. The third-order valence-corrected chi connectivity index (χ3v) is 3.66. The second-order valence-corrected chi connectivity index (χ2v) is 5.16. The summed E-state index contributed by atoms with van der Waals surface area (Å²) in [6.45, 7) is 4.04. The summed E-state index contributed by atoms with van der Waals surface area (Å²) < 4.78 is 0. The Morgan fingerprint density at radius 2 is 2.24 bits per heavy atom. The molecular weight excluding hydrogens is 230 g/mol. The van der Waals surface area contributed by atoms with Gasteiger partial charge in [-0.1, -0.05) is 13.0 Å². The number of hydrogen-bond donors (Lipinski definition) is 1. The molecule has 2 aromatic heterocycles. The lowest BCUT2D eigenvalue weighted by Crippen LogP contribution is -2.16. The van der Waals surface area contributed by atoms with Gasteiger partial charge in [0.05, 0.1) is 11.4 Å². The van der Waals surface area contributed by atoms with Crippen molar-refractivity contribution in [3.8, 4) is 0 Å². The minimum absolute atomic E-state index is 0.0119. The number of aromatic nitrogens is 2. The molecular formula is C13H17N3S. The van der Waals surface area contributed by atoms with Crippen molar-refractivity contribution in [2.24, 2.45) is 5.73 Å². The highest BCUT2D eigenvalue weighted by molar-refractivity contribution is 7.09. The van der Waals surface area contributed by atoms with Gasteiger partial charge in [0, 0.05) is 17.3 Å². The lowest BCUT2D eigenvalue weighted by Gasteiger charge is -2.14. The van der Waals surface area contributed by atoms with Gasteiger partial charge in [-0.2, -0.15) is 10.2 Å². The van der Waals surface area contributed by atoms with Crippen LogP contribution in [0.1, 0.15) is 34.8 Å². The fraction of sp³-hybridized carbons (Fsp3) is 0.385. The maximum Gasteiger partial charge on any atom is 0.0676 e. The Balaban J connectivity index is 2.23. The Labute approximate surface area is 106 Å². The molecule has 0 amide bonds. The predicted molar refractivity (Wildman–Crippen MR) is 71.1 cm³/mol. The highest BCUT2D eigenvalue weighted by atomic mass is 32.1. The second-order valence-electron chi connectivity index (χ2n) is 4.13. The molecule has 0 aliphatic rings. The smallest absolute Gasteiger partial charge is 0.0676 e. The first-order valence-electron chi connectivity index (χ1n) is 5.81.